The zero-order chi connectivity index (χ0) is 13.5. The van der Waals surface area contributed by atoms with Gasteiger partial charge in [-0.3, -0.25) is 9.89 Å². The lowest BCUT2D eigenvalue weighted by Crippen LogP contribution is -2.22. The first-order valence-electron chi connectivity index (χ1n) is 6.28. The van der Waals surface area contributed by atoms with E-state index < -0.39 is 0 Å². The number of nitrogens with one attached hydrogen (secondary N) is 2. The van der Waals surface area contributed by atoms with Gasteiger partial charge < -0.3 is 10.1 Å². The number of nitrogens with zero attached hydrogens (tertiary/aromatic N) is 1. The molecular formula is C14H17N3O2. The number of H-pyrrole nitrogens is 1. The average Bonchev–Trinajstić information content (AvgIpc) is 2.96. The van der Waals surface area contributed by atoms with Crippen LogP contribution in [0.5, 0.6) is 5.75 Å². The molecule has 1 aromatic carbocycles. The highest BCUT2D eigenvalue weighted by Crippen LogP contribution is 2.13. The van der Waals surface area contributed by atoms with Crippen LogP contribution in [0.1, 0.15) is 29.3 Å². The standard InChI is InChI=1S/C14H17N3O2/c1-2-6-19-13-5-3-4-12(7-13)14(18)15-8-11-9-16-17-10-11/h3-5,7,9-10H,2,6,8H2,1H3,(H,15,18)(H,16,17). The van der Waals surface area contributed by atoms with Crippen molar-refractivity contribution < 1.29 is 9.53 Å². The molecule has 1 amide bonds. The Bertz CT molecular complexity index is 523. The third kappa shape index (κ3) is 3.84. The molecule has 0 spiro atoms. The minimum atomic E-state index is -0.122. The molecule has 0 fully saturated rings. The van der Waals surface area contributed by atoms with Crippen molar-refractivity contribution in [2.24, 2.45) is 0 Å². The van der Waals surface area contributed by atoms with Crippen molar-refractivity contribution in [3.63, 3.8) is 0 Å². The maximum Gasteiger partial charge on any atom is 0.251 e. The highest BCUT2D eigenvalue weighted by molar-refractivity contribution is 5.94. The number of benzene rings is 1. The first kappa shape index (κ1) is 13.1. The van der Waals surface area contributed by atoms with Gasteiger partial charge in [-0.2, -0.15) is 5.10 Å². The molecule has 0 saturated carbocycles. The van der Waals surface area contributed by atoms with Gasteiger partial charge >= 0.3 is 0 Å². The fraction of sp³-hybridized carbons (Fsp3) is 0.286. The second-order valence-corrected chi connectivity index (χ2v) is 4.17. The number of amides is 1. The molecule has 0 bridgehead atoms. The summed E-state index contributed by atoms with van der Waals surface area (Å²) in [6, 6.07) is 7.18. The van der Waals surface area contributed by atoms with E-state index in [2.05, 4.69) is 15.5 Å². The SMILES string of the molecule is CCCOc1cccc(C(=O)NCc2cn[nH]c2)c1. The molecule has 0 unspecified atom stereocenters. The highest BCUT2D eigenvalue weighted by Gasteiger charge is 2.06. The summed E-state index contributed by atoms with van der Waals surface area (Å²) in [5.74, 6) is 0.598. The van der Waals surface area contributed by atoms with Crippen molar-refractivity contribution in [2.45, 2.75) is 19.9 Å². The summed E-state index contributed by atoms with van der Waals surface area (Å²) in [6.07, 6.45) is 4.37. The molecule has 1 aromatic heterocycles. The van der Waals surface area contributed by atoms with Crippen LogP contribution in [-0.4, -0.2) is 22.7 Å². The van der Waals surface area contributed by atoms with Gasteiger partial charge in [0.25, 0.3) is 5.91 Å². The third-order valence-corrected chi connectivity index (χ3v) is 2.58. The van der Waals surface area contributed by atoms with Gasteiger partial charge in [-0.1, -0.05) is 13.0 Å². The molecule has 0 aliphatic carbocycles. The Balaban J connectivity index is 1.94. The maximum atomic E-state index is 12.0. The van der Waals surface area contributed by atoms with E-state index in [4.69, 9.17) is 4.74 Å². The maximum absolute atomic E-state index is 12.0. The quantitative estimate of drug-likeness (QED) is 0.835. The van der Waals surface area contributed by atoms with Gasteiger partial charge in [0.1, 0.15) is 5.75 Å². The predicted octanol–water partition coefficient (Wildman–Crippen LogP) is 2.13. The van der Waals surface area contributed by atoms with Gasteiger partial charge in [0.2, 0.25) is 0 Å². The van der Waals surface area contributed by atoms with E-state index in [0.29, 0.717) is 18.7 Å². The van der Waals surface area contributed by atoms with Crippen molar-refractivity contribution >= 4 is 5.91 Å². The number of hydrogen-bond acceptors (Lipinski definition) is 3. The van der Waals surface area contributed by atoms with Gasteiger partial charge in [-0.15, -0.1) is 0 Å². The molecule has 2 N–H and O–H groups in total. The Morgan fingerprint density at radius 3 is 3.11 bits per heavy atom. The Hall–Kier alpha value is -2.30. The topological polar surface area (TPSA) is 67.0 Å². The lowest BCUT2D eigenvalue weighted by atomic mass is 10.2. The van der Waals surface area contributed by atoms with Crippen molar-refractivity contribution in [1.29, 1.82) is 0 Å². The van der Waals surface area contributed by atoms with E-state index in [0.717, 1.165) is 17.7 Å². The minimum absolute atomic E-state index is 0.122. The van der Waals surface area contributed by atoms with E-state index >= 15 is 0 Å². The van der Waals surface area contributed by atoms with Gasteiger partial charge in [0.15, 0.2) is 0 Å². The number of ether oxygens (including phenoxy) is 1. The normalized spacial score (nSPS) is 10.2. The largest absolute Gasteiger partial charge is 0.494 e. The second-order valence-electron chi connectivity index (χ2n) is 4.17. The zero-order valence-electron chi connectivity index (χ0n) is 10.8. The molecule has 0 radical (unpaired) electrons. The molecule has 0 saturated heterocycles. The van der Waals surface area contributed by atoms with Crippen LogP contribution >= 0.6 is 0 Å². The number of carbonyl (C=O) groups is 1. The minimum Gasteiger partial charge on any atom is -0.494 e. The molecule has 5 nitrogen and oxygen atoms in total. The molecule has 0 aliphatic rings. The van der Waals surface area contributed by atoms with Crippen LogP contribution in [0.4, 0.5) is 0 Å². The fourth-order valence-corrected chi connectivity index (χ4v) is 1.61. The van der Waals surface area contributed by atoms with Crippen LogP contribution in [0, 0.1) is 0 Å². The van der Waals surface area contributed by atoms with Crippen LogP contribution in [0.25, 0.3) is 0 Å². The molecule has 0 atom stereocenters. The van der Waals surface area contributed by atoms with Crippen LogP contribution in [0.15, 0.2) is 36.7 Å². The van der Waals surface area contributed by atoms with E-state index in [-0.39, 0.29) is 5.91 Å². The summed E-state index contributed by atoms with van der Waals surface area (Å²) in [5.41, 5.74) is 1.53. The number of carbonyl (C=O) groups excluding carboxylic acids is 1. The Kier molecular flexibility index (Phi) is 4.55. The zero-order valence-corrected chi connectivity index (χ0v) is 10.8. The summed E-state index contributed by atoms with van der Waals surface area (Å²) in [6.45, 7) is 3.15. The van der Waals surface area contributed by atoms with Gasteiger partial charge in [0, 0.05) is 23.9 Å². The number of rotatable bonds is 6. The van der Waals surface area contributed by atoms with Crippen LogP contribution in [-0.2, 0) is 6.54 Å². The third-order valence-electron chi connectivity index (χ3n) is 2.58. The first-order valence-corrected chi connectivity index (χ1v) is 6.28. The molecule has 0 aliphatic heterocycles. The molecule has 1 heterocycles. The molecule has 2 rings (SSSR count). The Morgan fingerprint density at radius 2 is 2.37 bits per heavy atom. The van der Waals surface area contributed by atoms with Crippen molar-refractivity contribution in [3.8, 4) is 5.75 Å². The van der Waals surface area contributed by atoms with Gasteiger partial charge in [-0.05, 0) is 24.6 Å². The number of aromatic amines is 1. The van der Waals surface area contributed by atoms with Gasteiger partial charge in [0.05, 0.1) is 12.8 Å². The Labute approximate surface area is 112 Å². The molecular weight excluding hydrogens is 242 g/mol. The molecule has 100 valence electrons. The van der Waals surface area contributed by atoms with E-state index in [1.807, 2.05) is 19.1 Å². The molecule has 5 heteroatoms. The smallest absolute Gasteiger partial charge is 0.251 e. The Morgan fingerprint density at radius 1 is 1.47 bits per heavy atom. The van der Waals surface area contributed by atoms with E-state index in [1.54, 1.807) is 24.5 Å². The second kappa shape index (κ2) is 6.58. The summed E-state index contributed by atoms with van der Waals surface area (Å²) in [5, 5.41) is 9.36. The van der Waals surface area contributed by atoms with Crippen molar-refractivity contribution in [2.75, 3.05) is 6.61 Å². The first-order chi connectivity index (χ1) is 9.29. The number of aromatic nitrogens is 2. The summed E-state index contributed by atoms with van der Waals surface area (Å²) < 4.78 is 5.50. The van der Waals surface area contributed by atoms with E-state index in [9.17, 15) is 4.79 Å². The highest BCUT2D eigenvalue weighted by atomic mass is 16.5. The van der Waals surface area contributed by atoms with Crippen LogP contribution in [0.2, 0.25) is 0 Å². The van der Waals surface area contributed by atoms with Gasteiger partial charge in [-0.25, -0.2) is 0 Å². The molecule has 19 heavy (non-hydrogen) atoms. The summed E-state index contributed by atoms with van der Waals surface area (Å²) >= 11 is 0. The van der Waals surface area contributed by atoms with Crippen molar-refractivity contribution in [1.82, 2.24) is 15.5 Å². The predicted molar refractivity (Wildman–Crippen MR) is 72.0 cm³/mol. The monoisotopic (exact) mass is 259 g/mol. The summed E-state index contributed by atoms with van der Waals surface area (Å²) in [7, 11) is 0. The summed E-state index contributed by atoms with van der Waals surface area (Å²) in [4.78, 5) is 12.0. The lowest BCUT2D eigenvalue weighted by molar-refractivity contribution is 0.0950. The van der Waals surface area contributed by atoms with E-state index in [1.165, 1.54) is 0 Å². The van der Waals surface area contributed by atoms with Crippen molar-refractivity contribution in [3.05, 3.63) is 47.8 Å². The average molecular weight is 259 g/mol. The number of hydrogen-bond donors (Lipinski definition) is 2. The van der Waals surface area contributed by atoms with Crippen LogP contribution < -0.4 is 10.1 Å². The fourth-order valence-electron chi connectivity index (χ4n) is 1.61. The lowest BCUT2D eigenvalue weighted by Gasteiger charge is -2.07. The van der Waals surface area contributed by atoms with Crippen LogP contribution in [0.3, 0.4) is 0 Å². The molecule has 2 aromatic rings.